The lowest BCUT2D eigenvalue weighted by molar-refractivity contribution is 0.629. The van der Waals surface area contributed by atoms with Gasteiger partial charge in [0, 0.05) is 10.4 Å². The van der Waals surface area contributed by atoms with Crippen molar-refractivity contribution < 1.29 is 4.42 Å². The fourth-order valence-corrected chi connectivity index (χ4v) is 2.34. The summed E-state index contributed by atoms with van der Waals surface area (Å²) in [5, 5.41) is 1.55. The smallest absolute Gasteiger partial charge is 0.222 e. The van der Waals surface area contributed by atoms with Crippen molar-refractivity contribution in [3.8, 4) is 11.5 Å². The molecule has 0 unspecified atom stereocenters. The molecule has 0 saturated carbocycles. The number of nitrogens with one attached hydrogen (secondary N) is 1. The van der Waals surface area contributed by atoms with Gasteiger partial charge in [-0.05, 0) is 24.3 Å². The van der Waals surface area contributed by atoms with Gasteiger partial charge in [-0.1, -0.05) is 11.6 Å². The largest absolute Gasteiger partial charge is 0.454 e. The van der Waals surface area contributed by atoms with Gasteiger partial charge in [0.2, 0.25) is 5.95 Å². The molecule has 0 radical (unpaired) electrons. The minimum atomic E-state index is 0.151. The molecule has 7 heteroatoms. The molecule has 3 N–H and O–H groups in total. The van der Waals surface area contributed by atoms with Crippen LogP contribution in [0.2, 0.25) is 5.02 Å². The van der Waals surface area contributed by atoms with E-state index in [1.807, 2.05) is 18.2 Å². The number of aromatic amines is 1. The molecule has 0 aliphatic heterocycles. The van der Waals surface area contributed by atoms with Gasteiger partial charge in [-0.25, -0.2) is 9.97 Å². The third kappa shape index (κ3) is 1.62. The van der Waals surface area contributed by atoms with Gasteiger partial charge in [-0.3, -0.25) is 0 Å². The number of hydrogen-bond donors (Lipinski definition) is 2. The zero-order valence-electron chi connectivity index (χ0n) is 10.1. The summed E-state index contributed by atoms with van der Waals surface area (Å²) in [7, 11) is 0. The van der Waals surface area contributed by atoms with E-state index >= 15 is 0 Å². The Morgan fingerprint density at radius 2 is 2.10 bits per heavy atom. The van der Waals surface area contributed by atoms with E-state index in [-0.39, 0.29) is 5.95 Å². The zero-order valence-corrected chi connectivity index (χ0v) is 10.8. The first-order valence-electron chi connectivity index (χ1n) is 5.87. The average molecular weight is 286 g/mol. The molecule has 20 heavy (non-hydrogen) atoms. The fraction of sp³-hybridized carbons (Fsp3) is 0. The number of hydrogen-bond acceptors (Lipinski definition) is 5. The number of furan rings is 1. The number of rotatable bonds is 1. The number of nitrogens with zero attached hydrogens (tertiary/aromatic N) is 3. The second-order valence-corrected chi connectivity index (χ2v) is 4.76. The molecule has 0 aliphatic carbocycles. The number of nitrogens with two attached hydrogens (primary N) is 1. The van der Waals surface area contributed by atoms with Gasteiger partial charge in [0.25, 0.3) is 0 Å². The Kier molecular flexibility index (Phi) is 2.22. The van der Waals surface area contributed by atoms with Crippen molar-refractivity contribution in [2.45, 2.75) is 0 Å². The molecule has 4 aromatic rings. The van der Waals surface area contributed by atoms with Gasteiger partial charge < -0.3 is 15.1 Å². The number of H-pyrrole nitrogens is 1. The third-order valence-electron chi connectivity index (χ3n) is 3.01. The summed E-state index contributed by atoms with van der Waals surface area (Å²) >= 11 is 5.97. The van der Waals surface area contributed by atoms with Crippen molar-refractivity contribution in [2.24, 2.45) is 0 Å². The molecule has 0 amide bonds. The van der Waals surface area contributed by atoms with Gasteiger partial charge in [0.15, 0.2) is 11.4 Å². The number of aromatic nitrogens is 4. The average Bonchev–Trinajstić information content (AvgIpc) is 3.02. The highest BCUT2D eigenvalue weighted by Crippen LogP contribution is 2.31. The van der Waals surface area contributed by atoms with E-state index in [9.17, 15) is 0 Å². The van der Waals surface area contributed by atoms with Crippen LogP contribution in [0.25, 0.3) is 33.6 Å². The molecule has 0 spiro atoms. The first-order chi connectivity index (χ1) is 9.70. The van der Waals surface area contributed by atoms with Crippen LogP contribution < -0.4 is 5.73 Å². The maximum atomic E-state index is 5.97. The van der Waals surface area contributed by atoms with Crippen LogP contribution in [-0.4, -0.2) is 19.9 Å². The summed E-state index contributed by atoms with van der Waals surface area (Å²) in [6, 6.07) is 7.29. The van der Waals surface area contributed by atoms with Crippen LogP contribution in [0.3, 0.4) is 0 Å². The lowest BCUT2D eigenvalue weighted by Crippen LogP contribution is -1.97. The standard InChI is InChI=1S/C13H8ClN5O/c14-7-1-2-8-6(3-7)4-9(20-8)10-11-12(17-5-16-11)19-13(15)18-10/h1-5H,(H3,15,16,17,18,19). The summed E-state index contributed by atoms with van der Waals surface area (Å²) in [5.41, 5.74) is 8.20. The maximum absolute atomic E-state index is 5.97. The molecule has 3 heterocycles. The summed E-state index contributed by atoms with van der Waals surface area (Å²) in [5.74, 6) is 0.740. The lowest BCUT2D eigenvalue weighted by atomic mass is 10.2. The molecular formula is C13H8ClN5O. The Morgan fingerprint density at radius 3 is 3.00 bits per heavy atom. The van der Waals surface area contributed by atoms with Crippen LogP contribution in [0.5, 0.6) is 0 Å². The molecule has 0 saturated heterocycles. The zero-order chi connectivity index (χ0) is 13.7. The van der Waals surface area contributed by atoms with Crippen LogP contribution in [-0.2, 0) is 0 Å². The van der Waals surface area contributed by atoms with Crippen molar-refractivity contribution in [3.63, 3.8) is 0 Å². The van der Waals surface area contributed by atoms with Crippen LogP contribution in [0, 0.1) is 0 Å². The second-order valence-electron chi connectivity index (χ2n) is 4.32. The van der Waals surface area contributed by atoms with Crippen molar-refractivity contribution in [3.05, 3.63) is 35.6 Å². The molecule has 1 aromatic carbocycles. The van der Waals surface area contributed by atoms with Gasteiger partial charge in [-0.15, -0.1) is 0 Å². The molecule has 0 fully saturated rings. The highest BCUT2D eigenvalue weighted by atomic mass is 35.5. The van der Waals surface area contributed by atoms with Gasteiger partial charge in [0.1, 0.15) is 16.8 Å². The van der Waals surface area contributed by atoms with Crippen molar-refractivity contribution in [1.29, 1.82) is 0 Å². The Labute approximate surface area is 117 Å². The number of anilines is 1. The number of halogens is 1. The predicted octanol–water partition coefficient (Wildman–Crippen LogP) is 3.00. The van der Waals surface area contributed by atoms with Crippen molar-refractivity contribution in [1.82, 2.24) is 19.9 Å². The van der Waals surface area contributed by atoms with E-state index < -0.39 is 0 Å². The quantitative estimate of drug-likeness (QED) is 0.561. The molecule has 4 rings (SSSR count). The second kappa shape index (κ2) is 3.94. The Morgan fingerprint density at radius 1 is 1.20 bits per heavy atom. The lowest BCUT2D eigenvalue weighted by Gasteiger charge is -1.98. The molecule has 0 atom stereocenters. The van der Waals surface area contributed by atoms with E-state index in [2.05, 4.69) is 19.9 Å². The minimum absolute atomic E-state index is 0.151. The molecule has 3 aromatic heterocycles. The normalized spacial score (nSPS) is 11.4. The summed E-state index contributed by atoms with van der Waals surface area (Å²) < 4.78 is 5.79. The van der Waals surface area contributed by atoms with E-state index in [4.69, 9.17) is 21.8 Å². The molecule has 98 valence electrons. The Balaban J connectivity index is 2.02. The number of nitrogen functional groups attached to an aromatic ring is 1. The van der Waals surface area contributed by atoms with Gasteiger partial charge in [0.05, 0.1) is 6.33 Å². The molecular weight excluding hydrogens is 278 g/mol. The third-order valence-corrected chi connectivity index (χ3v) is 3.25. The van der Waals surface area contributed by atoms with Crippen LogP contribution >= 0.6 is 11.6 Å². The number of benzene rings is 1. The Hall–Kier alpha value is -2.60. The summed E-state index contributed by atoms with van der Waals surface area (Å²) in [4.78, 5) is 15.4. The highest BCUT2D eigenvalue weighted by Gasteiger charge is 2.15. The SMILES string of the molecule is Nc1nc(-c2cc3cc(Cl)ccc3o2)c2[nH]cnc2n1. The first-order valence-corrected chi connectivity index (χ1v) is 6.24. The molecule has 0 aliphatic rings. The maximum Gasteiger partial charge on any atom is 0.222 e. The van der Waals surface area contributed by atoms with Crippen molar-refractivity contribution in [2.75, 3.05) is 5.73 Å². The van der Waals surface area contributed by atoms with Gasteiger partial charge >= 0.3 is 0 Å². The summed E-state index contributed by atoms with van der Waals surface area (Å²) in [6.45, 7) is 0. The fourth-order valence-electron chi connectivity index (χ4n) is 2.16. The monoisotopic (exact) mass is 285 g/mol. The van der Waals surface area contributed by atoms with E-state index in [1.54, 1.807) is 12.4 Å². The number of imidazole rings is 1. The molecule has 6 nitrogen and oxygen atoms in total. The van der Waals surface area contributed by atoms with E-state index in [0.717, 1.165) is 11.0 Å². The minimum Gasteiger partial charge on any atom is -0.454 e. The molecule has 0 bridgehead atoms. The topological polar surface area (TPSA) is 93.6 Å². The van der Waals surface area contributed by atoms with Crippen LogP contribution in [0.4, 0.5) is 5.95 Å². The van der Waals surface area contributed by atoms with E-state index in [0.29, 0.717) is 27.6 Å². The Bertz CT molecular complexity index is 942. The van der Waals surface area contributed by atoms with E-state index in [1.165, 1.54) is 0 Å². The first kappa shape index (κ1) is 11.2. The van der Waals surface area contributed by atoms with Crippen LogP contribution in [0.1, 0.15) is 0 Å². The van der Waals surface area contributed by atoms with Gasteiger partial charge in [-0.2, -0.15) is 4.98 Å². The highest BCUT2D eigenvalue weighted by molar-refractivity contribution is 6.31. The summed E-state index contributed by atoms with van der Waals surface area (Å²) in [6.07, 6.45) is 1.54. The van der Waals surface area contributed by atoms with Crippen molar-refractivity contribution >= 4 is 39.7 Å². The van der Waals surface area contributed by atoms with Crippen LogP contribution in [0.15, 0.2) is 35.0 Å². The number of fused-ring (bicyclic) bond motifs is 2. The predicted molar refractivity (Wildman–Crippen MR) is 76.3 cm³/mol.